The Balaban J connectivity index is 0.000000140. The van der Waals surface area contributed by atoms with Gasteiger partial charge in [0, 0.05) is 0 Å². The number of fused-ring (bicyclic) bond motifs is 12. The SMILES string of the molecule is [Ag+].[Ag+].[C-]#Cc1cccc2c3ccccc3c3ccccc3c12.[C-]#Cc1cccc2c3ccccc3c3ccccc3c12.c1ccc([PH+](c2ccccc2)c2ccccc2[PH+](c2ccccc2)c2ccccc2)cc1. The third-order valence-corrected chi connectivity index (χ3v) is 19.4. The van der Waals surface area contributed by atoms with Gasteiger partial charge in [-0.15, -0.1) is 23.3 Å². The predicted molar refractivity (Wildman–Crippen MR) is 317 cm³/mol. The van der Waals surface area contributed by atoms with E-state index >= 15 is 0 Å². The van der Waals surface area contributed by atoms with Gasteiger partial charge in [0.2, 0.25) is 0 Å². The predicted octanol–water partition coefficient (Wildman–Crippen LogP) is 14.8. The quantitative estimate of drug-likeness (QED) is 0.0512. The van der Waals surface area contributed by atoms with Crippen molar-refractivity contribution in [3.63, 3.8) is 0 Å². The van der Waals surface area contributed by atoms with Crippen LogP contribution < -0.4 is 31.8 Å². The zero-order valence-electron chi connectivity index (χ0n) is 40.2. The first kappa shape index (κ1) is 51.8. The molecule has 0 spiro atoms. The van der Waals surface area contributed by atoms with Crippen molar-refractivity contribution in [1.29, 1.82) is 0 Å². The van der Waals surface area contributed by atoms with Crippen LogP contribution in [0.2, 0.25) is 0 Å². The van der Waals surface area contributed by atoms with Crippen LogP contribution >= 0.6 is 15.8 Å². The minimum absolute atomic E-state index is 0. The van der Waals surface area contributed by atoms with Crippen molar-refractivity contribution in [2.24, 2.45) is 0 Å². The van der Waals surface area contributed by atoms with Crippen molar-refractivity contribution in [2.45, 2.75) is 0 Å². The smallest absolute Gasteiger partial charge is 0.366 e. The van der Waals surface area contributed by atoms with Crippen molar-refractivity contribution in [1.82, 2.24) is 0 Å². The van der Waals surface area contributed by atoms with E-state index < -0.39 is 15.8 Å². The Bertz CT molecular complexity index is 3690. The Morgan fingerprint density at radius 1 is 0.216 bits per heavy atom. The number of benzene rings is 13. The van der Waals surface area contributed by atoms with Gasteiger partial charge in [0.05, 0.1) is 0 Å². The third-order valence-electron chi connectivity index (χ3n) is 13.5. The van der Waals surface area contributed by atoms with Gasteiger partial charge in [-0.3, -0.25) is 11.8 Å². The van der Waals surface area contributed by atoms with Crippen LogP contribution in [0.5, 0.6) is 0 Å². The maximum atomic E-state index is 7.56. The van der Waals surface area contributed by atoms with Gasteiger partial charge in [0.1, 0.15) is 47.7 Å². The van der Waals surface area contributed by atoms with Gasteiger partial charge in [0.15, 0.2) is 0 Å². The standard InChI is InChI=1S/C30H24P2.2C20H11.2Ag/c1-5-15-25(16-6-1)31(26-17-7-2-8-18-26)29-23-13-14-24-30(29)32(27-19-9-3-10-20-27)28-21-11-4-12-22-28;2*1-2-14-8-7-13-19-17-10-4-3-9-15(17)16-11-5-6-12-18(16)20(14)19;;/h1-24H;2*3-13H;;/q;2*-1;2*+1/p+2. The van der Waals surface area contributed by atoms with E-state index in [0.717, 1.165) is 21.9 Å². The first-order chi connectivity index (χ1) is 35.7. The summed E-state index contributed by atoms with van der Waals surface area (Å²) in [4.78, 5) is 0. The molecule has 358 valence electrons. The Morgan fingerprint density at radius 2 is 0.419 bits per heavy atom. The largest absolute Gasteiger partial charge is 1.00 e. The topological polar surface area (TPSA) is 0 Å². The number of rotatable bonds is 6. The summed E-state index contributed by atoms with van der Waals surface area (Å²) in [5, 5.41) is 23.2. The van der Waals surface area contributed by atoms with Crippen molar-refractivity contribution in [3.8, 4) is 11.8 Å². The molecule has 74 heavy (non-hydrogen) atoms. The van der Waals surface area contributed by atoms with Crippen molar-refractivity contribution in [2.75, 3.05) is 0 Å². The van der Waals surface area contributed by atoms with Gasteiger partial charge < -0.3 is 12.8 Å². The second-order valence-electron chi connectivity index (χ2n) is 17.6. The molecule has 13 aromatic rings. The first-order valence-electron chi connectivity index (χ1n) is 24.3. The maximum absolute atomic E-state index is 7.56. The summed E-state index contributed by atoms with van der Waals surface area (Å²) in [5.41, 5.74) is 1.70. The van der Waals surface area contributed by atoms with Crippen LogP contribution in [0.15, 0.2) is 279 Å². The fourth-order valence-corrected chi connectivity index (χ4v) is 16.4. The van der Waals surface area contributed by atoms with E-state index in [-0.39, 0.29) is 44.8 Å². The second kappa shape index (κ2) is 24.3. The van der Waals surface area contributed by atoms with Crippen LogP contribution in [0.25, 0.3) is 64.6 Å². The van der Waals surface area contributed by atoms with Gasteiger partial charge in [-0.1, -0.05) is 217 Å². The molecule has 0 aliphatic carbocycles. The molecule has 13 rings (SSSR count). The molecule has 0 aliphatic rings. The molecule has 0 saturated carbocycles. The number of hydrogen-bond donors (Lipinski definition) is 0. The molecule has 0 unspecified atom stereocenters. The normalized spacial score (nSPS) is 10.7. The summed E-state index contributed by atoms with van der Waals surface area (Å²) in [6, 6.07) is 99.3. The summed E-state index contributed by atoms with van der Waals surface area (Å²) >= 11 is 0. The Morgan fingerprint density at radius 3 is 0.676 bits per heavy atom. The molecule has 4 heteroatoms. The van der Waals surface area contributed by atoms with Crippen LogP contribution in [0.4, 0.5) is 0 Å². The Hall–Kier alpha value is -7.12. The van der Waals surface area contributed by atoms with Gasteiger partial charge >= 0.3 is 44.8 Å². The molecule has 0 N–H and O–H groups in total. The molecule has 0 aliphatic heterocycles. The molecule has 0 heterocycles. The summed E-state index contributed by atoms with van der Waals surface area (Å²) in [7, 11) is -2.28. The van der Waals surface area contributed by atoms with E-state index in [1.165, 1.54) is 85.7 Å². The van der Waals surface area contributed by atoms with E-state index in [2.05, 4.69) is 267 Å². The molecule has 0 fully saturated rings. The van der Waals surface area contributed by atoms with Gasteiger partial charge in [-0.2, -0.15) is 0 Å². The average Bonchev–Trinajstić information content (AvgIpc) is 3.47. The third kappa shape index (κ3) is 10.4. The molecular weight excluding hydrogens is 1120 g/mol. The van der Waals surface area contributed by atoms with Crippen molar-refractivity contribution in [3.05, 3.63) is 303 Å². The van der Waals surface area contributed by atoms with E-state index in [1.807, 2.05) is 24.3 Å². The van der Waals surface area contributed by atoms with Crippen LogP contribution in [0.1, 0.15) is 11.1 Å². The Labute approximate surface area is 468 Å². The zero-order valence-corrected chi connectivity index (χ0v) is 45.1. The van der Waals surface area contributed by atoms with E-state index in [9.17, 15) is 0 Å². The minimum atomic E-state index is -1.14. The Kier molecular flexibility index (Phi) is 17.0. The second-order valence-corrected chi connectivity index (χ2v) is 22.5. The van der Waals surface area contributed by atoms with Gasteiger partial charge in [0.25, 0.3) is 0 Å². The zero-order chi connectivity index (χ0) is 48.6. The summed E-state index contributed by atoms with van der Waals surface area (Å²) in [6.45, 7) is 0. The minimum Gasteiger partial charge on any atom is -0.366 e. The molecule has 0 bridgehead atoms. The molecule has 0 saturated heterocycles. The van der Waals surface area contributed by atoms with E-state index in [4.69, 9.17) is 12.8 Å². The van der Waals surface area contributed by atoms with E-state index in [1.54, 1.807) is 0 Å². The number of hydrogen-bond acceptors (Lipinski definition) is 0. The van der Waals surface area contributed by atoms with Crippen molar-refractivity contribution < 1.29 is 44.8 Å². The molecule has 13 aromatic carbocycles. The van der Waals surface area contributed by atoms with Crippen LogP contribution in [-0.4, -0.2) is 0 Å². The van der Waals surface area contributed by atoms with E-state index in [0.29, 0.717) is 0 Å². The van der Waals surface area contributed by atoms with Crippen LogP contribution in [0.3, 0.4) is 0 Å². The van der Waals surface area contributed by atoms with Gasteiger partial charge in [-0.25, -0.2) is 0 Å². The summed E-state index contributed by atoms with van der Waals surface area (Å²) < 4.78 is 0. The molecule has 0 atom stereocenters. The fraction of sp³-hybridized carbons (Fsp3) is 0. The molecule has 0 amide bonds. The first-order valence-corrected chi connectivity index (χ1v) is 27.3. The van der Waals surface area contributed by atoms with Crippen molar-refractivity contribution >= 4 is 112 Å². The monoisotopic (exact) mass is 1160 g/mol. The molecule has 0 nitrogen and oxygen atoms in total. The average molecular weight is 1170 g/mol. The summed E-state index contributed by atoms with van der Waals surface area (Å²) in [6.07, 6.45) is 15.1. The maximum Gasteiger partial charge on any atom is 1.00 e. The molecule has 0 aromatic heterocycles. The molecular formula is C70H48Ag2P2+2. The van der Waals surface area contributed by atoms with Crippen LogP contribution in [0, 0.1) is 24.7 Å². The van der Waals surface area contributed by atoms with Gasteiger partial charge in [-0.05, 0) is 115 Å². The fourth-order valence-electron chi connectivity index (χ4n) is 10.4. The van der Waals surface area contributed by atoms with Crippen LogP contribution in [-0.2, 0) is 44.8 Å². The molecule has 0 radical (unpaired) electrons. The summed E-state index contributed by atoms with van der Waals surface area (Å²) in [5.74, 6) is 5.15.